The quantitative estimate of drug-likeness (QED) is 0.825. The molecule has 2 atom stereocenters. The Kier molecular flexibility index (Phi) is 5.35. The summed E-state index contributed by atoms with van der Waals surface area (Å²) >= 11 is 0. The summed E-state index contributed by atoms with van der Waals surface area (Å²) < 4.78 is 28.1. The van der Waals surface area contributed by atoms with E-state index in [1.54, 1.807) is 12.1 Å². The zero-order chi connectivity index (χ0) is 12.8. The van der Waals surface area contributed by atoms with E-state index in [0.717, 1.165) is 18.4 Å². The lowest BCUT2D eigenvalue weighted by atomic mass is 9.94. The summed E-state index contributed by atoms with van der Waals surface area (Å²) in [5.41, 5.74) is 0.729. The van der Waals surface area contributed by atoms with Crippen LogP contribution < -0.4 is 4.74 Å². The maximum atomic E-state index is 11.9. The van der Waals surface area contributed by atoms with Crippen molar-refractivity contribution < 1.29 is 18.6 Å². The zero-order valence-electron chi connectivity index (χ0n) is 10.1. The molecule has 0 aliphatic rings. The number of aliphatic hydroxyl groups excluding tert-OH is 1. The van der Waals surface area contributed by atoms with Crippen LogP contribution in [0, 0.1) is 5.92 Å². The van der Waals surface area contributed by atoms with E-state index in [1.165, 1.54) is 12.1 Å². The lowest BCUT2D eigenvalue weighted by Crippen LogP contribution is -2.09. The lowest BCUT2D eigenvalue weighted by Gasteiger charge is -2.18. The Hall–Kier alpha value is -1.16. The predicted molar refractivity (Wildman–Crippen MR) is 62.1 cm³/mol. The van der Waals surface area contributed by atoms with E-state index in [1.807, 2.05) is 6.92 Å². The molecule has 0 aromatic heterocycles. The maximum absolute atomic E-state index is 11.9. The van der Waals surface area contributed by atoms with Gasteiger partial charge in [0.25, 0.3) is 0 Å². The fraction of sp³-hybridized carbons (Fsp3) is 0.538. The average Bonchev–Trinajstić information content (AvgIpc) is 2.28. The van der Waals surface area contributed by atoms with Gasteiger partial charge in [0.1, 0.15) is 5.75 Å². The Morgan fingerprint density at radius 3 is 2.29 bits per heavy atom. The number of benzene rings is 1. The molecule has 0 heterocycles. The minimum absolute atomic E-state index is 0.110. The minimum Gasteiger partial charge on any atom is -0.435 e. The molecule has 0 saturated heterocycles. The Bertz CT molecular complexity index is 325. The maximum Gasteiger partial charge on any atom is 0.387 e. The third-order valence-electron chi connectivity index (χ3n) is 2.73. The van der Waals surface area contributed by atoms with Gasteiger partial charge in [0.2, 0.25) is 0 Å². The van der Waals surface area contributed by atoms with Crippen molar-refractivity contribution in [3.8, 4) is 5.75 Å². The number of rotatable bonds is 6. The van der Waals surface area contributed by atoms with Gasteiger partial charge in [-0.25, -0.2) is 0 Å². The van der Waals surface area contributed by atoms with Gasteiger partial charge >= 0.3 is 6.61 Å². The number of hydrogen-bond acceptors (Lipinski definition) is 2. The zero-order valence-corrected chi connectivity index (χ0v) is 10.1. The van der Waals surface area contributed by atoms with E-state index in [4.69, 9.17) is 0 Å². The van der Waals surface area contributed by atoms with Crippen LogP contribution in [0.15, 0.2) is 24.3 Å². The second-order valence-electron chi connectivity index (χ2n) is 4.16. The summed E-state index contributed by atoms with van der Waals surface area (Å²) in [5, 5.41) is 10.0. The first-order valence-electron chi connectivity index (χ1n) is 5.77. The van der Waals surface area contributed by atoms with E-state index in [2.05, 4.69) is 11.7 Å². The molecule has 1 N–H and O–H groups in total. The highest BCUT2D eigenvalue weighted by Gasteiger charge is 2.15. The number of halogens is 2. The van der Waals surface area contributed by atoms with Gasteiger partial charge in [0.15, 0.2) is 0 Å². The van der Waals surface area contributed by atoms with Gasteiger partial charge in [-0.1, -0.05) is 32.4 Å². The van der Waals surface area contributed by atoms with E-state index in [9.17, 15) is 13.9 Å². The summed E-state index contributed by atoms with van der Waals surface area (Å²) in [5.74, 6) is 0.265. The van der Waals surface area contributed by atoms with Gasteiger partial charge in [-0.2, -0.15) is 8.78 Å². The van der Waals surface area contributed by atoms with Gasteiger partial charge < -0.3 is 9.84 Å². The van der Waals surface area contributed by atoms with Crippen molar-refractivity contribution in [3.05, 3.63) is 29.8 Å². The molecule has 1 rings (SSSR count). The fourth-order valence-corrected chi connectivity index (χ4v) is 1.79. The summed E-state index contributed by atoms with van der Waals surface area (Å²) in [6.07, 6.45) is 1.37. The smallest absolute Gasteiger partial charge is 0.387 e. The van der Waals surface area contributed by atoms with Gasteiger partial charge in [-0.3, -0.25) is 0 Å². The molecule has 0 fully saturated rings. The molecule has 1 aromatic rings. The molecule has 0 amide bonds. The summed E-state index contributed by atoms with van der Waals surface area (Å²) in [6.45, 7) is 1.21. The van der Waals surface area contributed by atoms with Crippen LogP contribution in [0.25, 0.3) is 0 Å². The molecule has 0 aliphatic carbocycles. The Labute approximate surface area is 100 Å². The Morgan fingerprint density at radius 1 is 1.24 bits per heavy atom. The van der Waals surface area contributed by atoms with Crippen molar-refractivity contribution >= 4 is 0 Å². The van der Waals surface area contributed by atoms with Crippen LogP contribution in [0.1, 0.15) is 38.4 Å². The van der Waals surface area contributed by atoms with Gasteiger partial charge in [-0.05, 0) is 30.0 Å². The number of hydrogen-bond donors (Lipinski definition) is 1. The van der Waals surface area contributed by atoms with Crippen molar-refractivity contribution in [1.82, 2.24) is 0 Å². The van der Waals surface area contributed by atoms with Gasteiger partial charge in [-0.15, -0.1) is 0 Å². The molecular formula is C13H18F2O2. The molecule has 0 aliphatic heterocycles. The standard InChI is InChI=1S/C13H18F2O2/c1-3-4-9(2)12(16)10-5-7-11(8-6-10)17-13(14)15/h5-9,12-13,16H,3-4H2,1-2H3. The summed E-state index contributed by atoms with van der Waals surface area (Å²) in [6, 6.07) is 6.13. The van der Waals surface area contributed by atoms with E-state index >= 15 is 0 Å². The molecule has 96 valence electrons. The number of aliphatic hydroxyl groups is 1. The van der Waals surface area contributed by atoms with Crippen molar-refractivity contribution in [1.29, 1.82) is 0 Å². The highest BCUT2D eigenvalue weighted by atomic mass is 19.3. The van der Waals surface area contributed by atoms with Crippen LogP contribution in [0.4, 0.5) is 8.78 Å². The molecule has 0 radical (unpaired) electrons. The highest BCUT2D eigenvalue weighted by molar-refractivity contribution is 5.28. The Balaban J connectivity index is 2.66. The molecule has 0 saturated carbocycles. The van der Waals surface area contributed by atoms with E-state index in [-0.39, 0.29) is 11.7 Å². The third kappa shape index (κ3) is 4.30. The van der Waals surface area contributed by atoms with Crippen LogP contribution in [-0.4, -0.2) is 11.7 Å². The molecule has 17 heavy (non-hydrogen) atoms. The lowest BCUT2D eigenvalue weighted by molar-refractivity contribution is -0.0498. The number of ether oxygens (including phenoxy) is 1. The molecule has 4 heteroatoms. The SMILES string of the molecule is CCCC(C)C(O)c1ccc(OC(F)F)cc1. The minimum atomic E-state index is -2.82. The molecule has 0 bridgehead atoms. The first-order valence-corrected chi connectivity index (χ1v) is 5.77. The molecular weight excluding hydrogens is 226 g/mol. The largest absolute Gasteiger partial charge is 0.435 e. The molecule has 1 aromatic carbocycles. The Morgan fingerprint density at radius 2 is 1.82 bits per heavy atom. The topological polar surface area (TPSA) is 29.5 Å². The van der Waals surface area contributed by atoms with Crippen LogP contribution in [0.2, 0.25) is 0 Å². The predicted octanol–water partition coefficient (Wildman–Crippen LogP) is 3.76. The monoisotopic (exact) mass is 244 g/mol. The van der Waals surface area contributed by atoms with E-state index in [0.29, 0.717) is 0 Å². The second-order valence-corrected chi connectivity index (χ2v) is 4.16. The van der Waals surface area contributed by atoms with Crippen molar-refractivity contribution in [2.24, 2.45) is 5.92 Å². The van der Waals surface area contributed by atoms with Crippen LogP contribution in [-0.2, 0) is 0 Å². The van der Waals surface area contributed by atoms with Gasteiger partial charge in [0.05, 0.1) is 6.10 Å². The molecule has 0 spiro atoms. The van der Waals surface area contributed by atoms with Crippen molar-refractivity contribution in [2.75, 3.05) is 0 Å². The first kappa shape index (κ1) is 13.9. The van der Waals surface area contributed by atoms with Crippen molar-refractivity contribution in [2.45, 2.75) is 39.4 Å². The van der Waals surface area contributed by atoms with Crippen LogP contribution >= 0.6 is 0 Å². The van der Waals surface area contributed by atoms with Crippen molar-refractivity contribution in [3.63, 3.8) is 0 Å². The summed E-state index contributed by atoms with van der Waals surface area (Å²) in [7, 11) is 0. The fourth-order valence-electron chi connectivity index (χ4n) is 1.79. The first-order chi connectivity index (χ1) is 8.04. The highest BCUT2D eigenvalue weighted by Crippen LogP contribution is 2.27. The van der Waals surface area contributed by atoms with E-state index < -0.39 is 12.7 Å². The normalized spacial score (nSPS) is 14.7. The van der Waals surface area contributed by atoms with Crippen LogP contribution in [0.5, 0.6) is 5.75 Å². The van der Waals surface area contributed by atoms with Crippen LogP contribution in [0.3, 0.4) is 0 Å². The second kappa shape index (κ2) is 6.55. The summed E-state index contributed by atoms with van der Waals surface area (Å²) in [4.78, 5) is 0. The number of alkyl halides is 2. The molecule has 2 unspecified atom stereocenters. The third-order valence-corrected chi connectivity index (χ3v) is 2.73. The molecule has 2 nitrogen and oxygen atoms in total. The van der Waals surface area contributed by atoms with Gasteiger partial charge in [0, 0.05) is 0 Å². The average molecular weight is 244 g/mol.